The van der Waals surface area contributed by atoms with Crippen LogP contribution in [0.5, 0.6) is 0 Å². The van der Waals surface area contributed by atoms with Crippen LogP contribution in [-0.4, -0.2) is 17.0 Å². The third-order valence-corrected chi connectivity index (χ3v) is 4.70. The molecule has 0 aliphatic rings. The molecule has 0 aliphatic carbocycles. The molecule has 0 spiro atoms. The zero-order chi connectivity index (χ0) is 19.3. The summed E-state index contributed by atoms with van der Waals surface area (Å²) in [5.74, 6) is -0.679. The fourth-order valence-electron chi connectivity index (χ4n) is 3.28. The van der Waals surface area contributed by atoms with E-state index in [4.69, 9.17) is 4.42 Å². The van der Waals surface area contributed by atoms with Crippen molar-refractivity contribution in [3.63, 3.8) is 0 Å². The van der Waals surface area contributed by atoms with Crippen LogP contribution in [0.25, 0.3) is 11.1 Å². The Labute approximate surface area is 162 Å². The van der Waals surface area contributed by atoms with E-state index in [9.17, 15) is 9.59 Å². The highest BCUT2D eigenvalue weighted by Gasteiger charge is 2.19. The van der Waals surface area contributed by atoms with Crippen LogP contribution in [0.2, 0.25) is 0 Å². The van der Waals surface area contributed by atoms with E-state index < -0.39 is 5.76 Å². The number of oxazole rings is 1. The van der Waals surface area contributed by atoms with E-state index >= 15 is 0 Å². The minimum Gasteiger partial charge on any atom is -0.408 e. The van der Waals surface area contributed by atoms with Gasteiger partial charge in [0.2, 0.25) is 5.91 Å². The number of hydrogen-bond acceptors (Lipinski definition) is 3. The molecule has 28 heavy (non-hydrogen) atoms. The SMILES string of the molecule is O=C(Cn1c(=O)oc2ccccc21)N(CCc1ccccc1)c1ccccc1. The molecule has 5 heteroatoms. The molecular formula is C23H20N2O3. The molecule has 0 saturated carbocycles. The summed E-state index contributed by atoms with van der Waals surface area (Å²) in [5.41, 5.74) is 3.07. The number of nitrogens with zero attached hydrogens (tertiary/aromatic N) is 2. The van der Waals surface area contributed by atoms with Gasteiger partial charge in [-0.3, -0.25) is 9.36 Å². The van der Waals surface area contributed by atoms with E-state index in [0.29, 0.717) is 17.6 Å². The van der Waals surface area contributed by atoms with Crippen LogP contribution in [0.1, 0.15) is 5.56 Å². The zero-order valence-corrected chi connectivity index (χ0v) is 15.3. The summed E-state index contributed by atoms with van der Waals surface area (Å²) in [7, 11) is 0. The normalized spacial score (nSPS) is 10.9. The third kappa shape index (κ3) is 3.74. The van der Waals surface area contributed by atoms with E-state index in [1.54, 1.807) is 23.1 Å². The van der Waals surface area contributed by atoms with Gasteiger partial charge in [-0.15, -0.1) is 0 Å². The molecular weight excluding hydrogens is 352 g/mol. The predicted octanol–water partition coefficient (Wildman–Crippen LogP) is 3.87. The summed E-state index contributed by atoms with van der Waals surface area (Å²) in [6, 6.07) is 26.7. The highest BCUT2D eigenvalue weighted by Crippen LogP contribution is 2.17. The van der Waals surface area contributed by atoms with Crippen LogP contribution >= 0.6 is 0 Å². The number of hydrogen-bond donors (Lipinski definition) is 0. The van der Waals surface area contributed by atoms with Crippen molar-refractivity contribution in [2.75, 3.05) is 11.4 Å². The number of carbonyl (C=O) groups excluding carboxylic acids is 1. The van der Waals surface area contributed by atoms with Crippen molar-refractivity contribution in [2.24, 2.45) is 0 Å². The number of benzene rings is 3. The molecule has 1 heterocycles. The molecule has 4 rings (SSSR count). The first-order chi connectivity index (χ1) is 13.7. The van der Waals surface area contributed by atoms with Crippen molar-refractivity contribution in [1.82, 2.24) is 4.57 Å². The average molecular weight is 372 g/mol. The van der Waals surface area contributed by atoms with Gasteiger partial charge in [-0.25, -0.2) is 4.79 Å². The molecule has 140 valence electrons. The molecule has 0 fully saturated rings. The Kier molecular flexibility index (Phi) is 5.06. The van der Waals surface area contributed by atoms with Crippen LogP contribution in [0.4, 0.5) is 5.69 Å². The maximum Gasteiger partial charge on any atom is 0.420 e. The molecule has 0 unspecified atom stereocenters. The molecule has 0 bridgehead atoms. The molecule has 0 saturated heterocycles. The van der Waals surface area contributed by atoms with Crippen molar-refractivity contribution < 1.29 is 9.21 Å². The largest absolute Gasteiger partial charge is 0.420 e. The lowest BCUT2D eigenvalue weighted by atomic mass is 10.1. The highest BCUT2D eigenvalue weighted by molar-refractivity contribution is 5.94. The van der Waals surface area contributed by atoms with Crippen molar-refractivity contribution in [3.8, 4) is 0 Å². The van der Waals surface area contributed by atoms with E-state index in [1.165, 1.54) is 4.57 Å². The van der Waals surface area contributed by atoms with Gasteiger partial charge in [0.05, 0.1) is 5.52 Å². The smallest absolute Gasteiger partial charge is 0.408 e. The summed E-state index contributed by atoms with van der Waals surface area (Å²) in [6.45, 7) is 0.455. The molecule has 0 aliphatic heterocycles. The first-order valence-electron chi connectivity index (χ1n) is 9.20. The first-order valence-corrected chi connectivity index (χ1v) is 9.20. The summed E-state index contributed by atoms with van der Waals surface area (Å²) in [5, 5.41) is 0. The number of para-hydroxylation sites is 3. The summed E-state index contributed by atoms with van der Waals surface area (Å²) in [6.07, 6.45) is 0.725. The molecule has 0 N–H and O–H groups in total. The van der Waals surface area contributed by atoms with E-state index in [1.807, 2.05) is 66.7 Å². The third-order valence-electron chi connectivity index (χ3n) is 4.70. The van der Waals surface area contributed by atoms with Gasteiger partial charge in [0.1, 0.15) is 6.54 Å². The van der Waals surface area contributed by atoms with E-state index in [-0.39, 0.29) is 12.5 Å². The Morgan fingerprint density at radius 3 is 2.25 bits per heavy atom. The lowest BCUT2D eigenvalue weighted by Crippen LogP contribution is -2.37. The lowest BCUT2D eigenvalue weighted by molar-refractivity contribution is -0.119. The van der Waals surface area contributed by atoms with Crippen LogP contribution in [0, 0.1) is 0 Å². The number of carbonyl (C=O) groups is 1. The fourth-order valence-corrected chi connectivity index (χ4v) is 3.28. The fraction of sp³-hybridized carbons (Fsp3) is 0.130. The number of rotatable bonds is 6. The minimum absolute atomic E-state index is 0.0699. The van der Waals surface area contributed by atoms with Gasteiger partial charge < -0.3 is 9.32 Å². The monoisotopic (exact) mass is 372 g/mol. The number of anilines is 1. The van der Waals surface area contributed by atoms with Gasteiger partial charge >= 0.3 is 5.76 Å². The first kappa shape index (κ1) is 17.8. The topological polar surface area (TPSA) is 55.5 Å². The van der Waals surface area contributed by atoms with Gasteiger partial charge in [-0.1, -0.05) is 60.7 Å². The number of fused-ring (bicyclic) bond motifs is 1. The van der Waals surface area contributed by atoms with Gasteiger partial charge in [0, 0.05) is 12.2 Å². The van der Waals surface area contributed by atoms with E-state index in [0.717, 1.165) is 17.7 Å². The molecule has 1 aromatic heterocycles. The van der Waals surface area contributed by atoms with Crippen molar-refractivity contribution in [1.29, 1.82) is 0 Å². The van der Waals surface area contributed by atoms with Crippen molar-refractivity contribution in [2.45, 2.75) is 13.0 Å². The Balaban J connectivity index is 1.61. The molecule has 5 nitrogen and oxygen atoms in total. The Bertz CT molecular complexity index is 1130. The second-order valence-corrected chi connectivity index (χ2v) is 6.54. The van der Waals surface area contributed by atoms with Gasteiger partial charge in [0.15, 0.2) is 5.58 Å². The van der Waals surface area contributed by atoms with Crippen LogP contribution in [-0.2, 0) is 17.8 Å². The predicted molar refractivity (Wildman–Crippen MR) is 109 cm³/mol. The Morgan fingerprint density at radius 1 is 0.857 bits per heavy atom. The maximum absolute atomic E-state index is 13.2. The molecule has 1 amide bonds. The standard InChI is InChI=1S/C23H20N2O3/c26-22(17-25-20-13-7-8-14-21(20)28-23(25)27)24(19-11-5-2-6-12-19)16-15-18-9-3-1-4-10-18/h1-14H,15-17H2. The van der Waals surface area contributed by atoms with Crippen molar-refractivity contribution >= 4 is 22.7 Å². The van der Waals surface area contributed by atoms with Gasteiger partial charge in [-0.05, 0) is 36.2 Å². The molecule has 0 radical (unpaired) electrons. The summed E-state index contributed by atoms with van der Waals surface area (Å²) < 4.78 is 6.64. The lowest BCUT2D eigenvalue weighted by Gasteiger charge is -2.23. The summed E-state index contributed by atoms with van der Waals surface area (Å²) >= 11 is 0. The van der Waals surface area contributed by atoms with Crippen molar-refractivity contribution in [3.05, 3.63) is 101 Å². The second kappa shape index (κ2) is 7.96. The Morgan fingerprint density at radius 2 is 1.50 bits per heavy atom. The van der Waals surface area contributed by atoms with Crippen LogP contribution < -0.4 is 10.7 Å². The maximum atomic E-state index is 13.2. The van der Waals surface area contributed by atoms with Crippen LogP contribution in [0.3, 0.4) is 0 Å². The quantitative estimate of drug-likeness (QED) is 0.516. The zero-order valence-electron chi connectivity index (χ0n) is 15.3. The average Bonchev–Trinajstić information content (AvgIpc) is 3.05. The molecule has 0 atom stereocenters. The highest BCUT2D eigenvalue weighted by atomic mass is 16.4. The number of aromatic nitrogens is 1. The second-order valence-electron chi connectivity index (χ2n) is 6.54. The van der Waals surface area contributed by atoms with Crippen LogP contribution in [0.15, 0.2) is 94.1 Å². The summed E-state index contributed by atoms with van der Waals surface area (Å²) in [4.78, 5) is 27.1. The molecule has 4 aromatic rings. The van der Waals surface area contributed by atoms with E-state index in [2.05, 4.69) is 0 Å². The molecule has 3 aromatic carbocycles. The van der Waals surface area contributed by atoms with Gasteiger partial charge in [-0.2, -0.15) is 0 Å². The van der Waals surface area contributed by atoms with Gasteiger partial charge in [0.25, 0.3) is 0 Å². The minimum atomic E-state index is -0.523. The Hall–Kier alpha value is -3.60. The number of amides is 1.